The van der Waals surface area contributed by atoms with Crippen LogP contribution in [0.15, 0.2) is 30.6 Å². The fourth-order valence-electron chi connectivity index (χ4n) is 5.48. The molecule has 0 amide bonds. The van der Waals surface area contributed by atoms with E-state index in [0.29, 0.717) is 5.39 Å². The van der Waals surface area contributed by atoms with Crippen LogP contribution in [0.3, 0.4) is 0 Å². The highest BCUT2D eigenvalue weighted by Gasteiger charge is 2.62. The fourth-order valence-corrected chi connectivity index (χ4v) is 5.48. The lowest BCUT2D eigenvalue weighted by Gasteiger charge is -2.41. The average Bonchev–Trinajstić information content (AvgIpc) is 3.14. The number of hydrogen-bond donors (Lipinski definition) is 0. The molecule has 2 atom stereocenters. The minimum Gasteiger partial charge on any atom is -0.380 e. The van der Waals surface area contributed by atoms with Crippen LogP contribution < -0.4 is 4.90 Å². The standard InChI is InChI=1S/C19H21N3O3/c23-22(24)17-15-5-8-20-9-14(15)3-4-16(17)21-10-18-6-1-2-7-19(18,11-21)13-25-12-18/h3-5,8-9H,1-2,6-7,10-13H2. The minimum atomic E-state index is -0.235. The maximum absolute atomic E-state index is 11.9. The van der Waals surface area contributed by atoms with E-state index in [9.17, 15) is 10.1 Å². The Morgan fingerprint density at radius 2 is 1.84 bits per heavy atom. The molecule has 3 fully saturated rings. The van der Waals surface area contributed by atoms with Crippen molar-refractivity contribution in [2.75, 3.05) is 31.2 Å². The summed E-state index contributed by atoms with van der Waals surface area (Å²) < 4.78 is 5.90. The van der Waals surface area contributed by atoms with Crippen molar-refractivity contribution in [2.45, 2.75) is 25.7 Å². The molecule has 1 aromatic carbocycles. The summed E-state index contributed by atoms with van der Waals surface area (Å²) in [6, 6.07) is 5.61. The first kappa shape index (κ1) is 15.1. The highest BCUT2D eigenvalue weighted by Crippen LogP contribution is 2.60. The molecule has 3 heterocycles. The van der Waals surface area contributed by atoms with Crippen LogP contribution in [0, 0.1) is 20.9 Å². The van der Waals surface area contributed by atoms with Gasteiger partial charge in [-0.3, -0.25) is 15.1 Å². The van der Waals surface area contributed by atoms with E-state index in [1.165, 1.54) is 25.7 Å². The van der Waals surface area contributed by atoms with Crippen LogP contribution in [0.1, 0.15) is 25.7 Å². The number of benzene rings is 1. The molecule has 25 heavy (non-hydrogen) atoms. The zero-order valence-electron chi connectivity index (χ0n) is 14.1. The summed E-state index contributed by atoms with van der Waals surface area (Å²) in [7, 11) is 0. The van der Waals surface area contributed by atoms with Crippen molar-refractivity contribution >= 4 is 22.1 Å². The Morgan fingerprint density at radius 1 is 1.12 bits per heavy atom. The Kier molecular flexibility index (Phi) is 3.10. The molecule has 6 heteroatoms. The Labute approximate surface area is 145 Å². The second-order valence-corrected chi connectivity index (χ2v) is 7.90. The van der Waals surface area contributed by atoms with Crippen LogP contribution in [0.2, 0.25) is 0 Å². The summed E-state index contributed by atoms with van der Waals surface area (Å²) in [6.45, 7) is 3.33. The lowest BCUT2D eigenvalue weighted by molar-refractivity contribution is -0.382. The molecule has 0 radical (unpaired) electrons. The highest BCUT2D eigenvalue weighted by molar-refractivity contribution is 5.96. The fraction of sp³-hybridized carbons (Fsp3) is 0.526. The van der Waals surface area contributed by atoms with E-state index in [-0.39, 0.29) is 21.4 Å². The molecule has 130 valence electrons. The summed E-state index contributed by atoms with van der Waals surface area (Å²) in [4.78, 5) is 18.0. The Bertz CT molecular complexity index is 848. The number of ether oxygens (including phenoxy) is 1. The number of nitro benzene ring substituents is 1. The molecule has 2 aromatic rings. The van der Waals surface area contributed by atoms with E-state index in [2.05, 4.69) is 9.88 Å². The lowest BCUT2D eigenvalue weighted by atomic mass is 9.60. The van der Waals surface area contributed by atoms with E-state index < -0.39 is 0 Å². The molecule has 2 saturated heterocycles. The van der Waals surface area contributed by atoms with Crippen molar-refractivity contribution < 1.29 is 9.66 Å². The molecule has 6 nitrogen and oxygen atoms in total. The van der Waals surface area contributed by atoms with Gasteiger partial charge in [-0.15, -0.1) is 0 Å². The van der Waals surface area contributed by atoms with Crippen molar-refractivity contribution in [1.82, 2.24) is 4.98 Å². The Hall–Kier alpha value is -2.21. The van der Waals surface area contributed by atoms with Gasteiger partial charge in [0.1, 0.15) is 5.69 Å². The van der Waals surface area contributed by atoms with Gasteiger partial charge in [0, 0.05) is 41.7 Å². The zero-order valence-corrected chi connectivity index (χ0v) is 14.1. The molecule has 3 aliphatic rings. The van der Waals surface area contributed by atoms with E-state index in [4.69, 9.17) is 4.74 Å². The highest BCUT2D eigenvalue weighted by atomic mass is 16.6. The first-order valence-electron chi connectivity index (χ1n) is 8.98. The summed E-state index contributed by atoms with van der Waals surface area (Å²) >= 11 is 0. The van der Waals surface area contributed by atoms with Gasteiger partial charge >= 0.3 is 0 Å². The maximum Gasteiger partial charge on any atom is 0.300 e. The van der Waals surface area contributed by atoms with E-state index in [1.807, 2.05) is 12.1 Å². The lowest BCUT2D eigenvalue weighted by Crippen LogP contribution is -2.42. The first-order chi connectivity index (χ1) is 12.1. The van der Waals surface area contributed by atoms with Crippen molar-refractivity contribution in [3.8, 4) is 0 Å². The molecular weight excluding hydrogens is 318 g/mol. The number of nitrogens with zero attached hydrogens (tertiary/aromatic N) is 3. The Morgan fingerprint density at radius 3 is 2.52 bits per heavy atom. The van der Waals surface area contributed by atoms with Crippen molar-refractivity contribution in [3.05, 3.63) is 40.7 Å². The van der Waals surface area contributed by atoms with Crippen molar-refractivity contribution in [1.29, 1.82) is 0 Å². The van der Waals surface area contributed by atoms with Crippen LogP contribution in [0.5, 0.6) is 0 Å². The van der Waals surface area contributed by atoms with Crippen LogP contribution >= 0.6 is 0 Å². The SMILES string of the molecule is O=[N+]([O-])c1c(N2CC34CCCCC3(COC4)C2)ccc2cnccc12. The molecule has 0 bridgehead atoms. The van der Waals surface area contributed by atoms with E-state index in [1.54, 1.807) is 18.5 Å². The van der Waals surface area contributed by atoms with Gasteiger partial charge in [-0.2, -0.15) is 0 Å². The molecule has 5 rings (SSSR count). The quantitative estimate of drug-likeness (QED) is 0.618. The molecule has 1 aliphatic carbocycles. The number of nitro groups is 1. The van der Waals surface area contributed by atoms with Gasteiger partial charge in [0.25, 0.3) is 5.69 Å². The normalized spacial score (nSPS) is 31.1. The third-order valence-corrected chi connectivity index (χ3v) is 6.72. The number of rotatable bonds is 2. The van der Waals surface area contributed by atoms with Crippen LogP contribution in [-0.2, 0) is 4.74 Å². The first-order valence-corrected chi connectivity index (χ1v) is 8.98. The molecule has 0 N–H and O–H groups in total. The van der Waals surface area contributed by atoms with Gasteiger partial charge < -0.3 is 9.64 Å². The Balaban J connectivity index is 1.63. The summed E-state index contributed by atoms with van der Waals surface area (Å²) in [5.41, 5.74) is 1.31. The van der Waals surface area contributed by atoms with Crippen molar-refractivity contribution in [3.63, 3.8) is 0 Å². The summed E-state index contributed by atoms with van der Waals surface area (Å²) in [6.07, 6.45) is 8.15. The summed E-state index contributed by atoms with van der Waals surface area (Å²) in [5, 5.41) is 13.4. The smallest absolute Gasteiger partial charge is 0.300 e. The second kappa shape index (κ2) is 5.14. The number of hydrogen-bond acceptors (Lipinski definition) is 5. The molecular formula is C19H21N3O3. The molecule has 0 spiro atoms. The molecule has 2 unspecified atom stereocenters. The molecule has 1 saturated carbocycles. The summed E-state index contributed by atoms with van der Waals surface area (Å²) in [5.74, 6) is 0. The van der Waals surface area contributed by atoms with Gasteiger partial charge in [-0.05, 0) is 25.0 Å². The molecule has 1 aromatic heterocycles. The maximum atomic E-state index is 11.9. The third-order valence-electron chi connectivity index (χ3n) is 6.72. The van der Waals surface area contributed by atoms with Crippen LogP contribution in [0.4, 0.5) is 11.4 Å². The van der Waals surface area contributed by atoms with Gasteiger partial charge in [-0.25, -0.2) is 0 Å². The zero-order chi connectivity index (χ0) is 17.1. The number of fused-ring (bicyclic) bond motifs is 1. The third kappa shape index (κ3) is 1.97. The largest absolute Gasteiger partial charge is 0.380 e. The van der Waals surface area contributed by atoms with E-state index in [0.717, 1.165) is 37.4 Å². The van der Waals surface area contributed by atoms with Gasteiger partial charge in [0.05, 0.1) is 23.5 Å². The number of pyridine rings is 1. The monoisotopic (exact) mass is 339 g/mol. The van der Waals surface area contributed by atoms with Gasteiger partial charge in [0.15, 0.2) is 0 Å². The van der Waals surface area contributed by atoms with Gasteiger partial charge in [-0.1, -0.05) is 18.9 Å². The number of anilines is 1. The van der Waals surface area contributed by atoms with Crippen LogP contribution in [0.25, 0.3) is 10.8 Å². The molecule has 2 aliphatic heterocycles. The minimum absolute atomic E-state index is 0.173. The topological polar surface area (TPSA) is 68.5 Å². The predicted octanol–water partition coefficient (Wildman–Crippen LogP) is 3.54. The van der Waals surface area contributed by atoms with E-state index >= 15 is 0 Å². The van der Waals surface area contributed by atoms with Crippen LogP contribution in [-0.4, -0.2) is 36.2 Å². The number of aromatic nitrogens is 1. The van der Waals surface area contributed by atoms with Crippen molar-refractivity contribution in [2.24, 2.45) is 10.8 Å². The van der Waals surface area contributed by atoms with Gasteiger partial charge in [0.2, 0.25) is 0 Å². The second-order valence-electron chi connectivity index (χ2n) is 7.90. The predicted molar refractivity (Wildman–Crippen MR) is 94.8 cm³/mol. The average molecular weight is 339 g/mol.